The van der Waals surface area contributed by atoms with Gasteiger partial charge in [0.25, 0.3) is 0 Å². The van der Waals surface area contributed by atoms with Crippen molar-refractivity contribution in [1.29, 1.82) is 0 Å². The van der Waals surface area contributed by atoms with Crippen LogP contribution < -0.4 is 4.16 Å². The summed E-state index contributed by atoms with van der Waals surface area (Å²) in [5.41, 5.74) is 2.81. The van der Waals surface area contributed by atoms with Crippen LogP contribution in [0.1, 0.15) is 11.1 Å². The molecule has 0 saturated heterocycles. The predicted molar refractivity (Wildman–Crippen MR) is 42.8 cm³/mol. The molecular formula is C8H10ClZn. The van der Waals surface area contributed by atoms with Crippen molar-refractivity contribution in [3.05, 3.63) is 29.3 Å². The zero-order valence-electron chi connectivity index (χ0n) is 6.35. The molecule has 0 fully saturated rings. The molecule has 0 aromatic heterocycles. The zero-order valence-corrected chi connectivity index (χ0v) is 10.1. The smallest absolute Gasteiger partial charge is 0.147 e. The van der Waals surface area contributed by atoms with E-state index in [0.717, 1.165) is 0 Å². The Morgan fingerprint density at radius 3 is 2.20 bits per heavy atom. The van der Waals surface area contributed by atoms with Crippen molar-refractivity contribution >= 4 is 16.6 Å². The Labute approximate surface area is 78.1 Å². The van der Waals surface area contributed by atoms with Gasteiger partial charge in [-0.3, -0.25) is 0 Å². The first-order chi connectivity index (χ1) is 4.20. The normalized spacial score (nSPS) is 8.80. The van der Waals surface area contributed by atoms with Crippen molar-refractivity contribution in [3.8, 4) is 0 Å². The van der Waals surface area contributed by atoms with Crippen LogP contribution in [0.25, 0.3) is 0 Å². The fourth-order valence-electron chi connectivity index (χ4n) is 0.800. The largest absolute Gasteiger partial charge is 0.147 e. The summed E-state index contributed by atoms with van der Waals surface area (Å²) < 4.78 is 1.51. The molecule has 0 saturated carbocycles. The molecule has 0 aliphatic rings. The Kier molecular flexibility index (Phi) is 4.16. The van der Waals surface area contributed by atoms with E-state index < -0.39 is 0 Å². The molecule has 1 aromatic carbocycles. The molecule has 2 heteroatoms. The van der Waals surface area contributed by atoms with Crippen LogP contribution in [0.4, 0.5) is 0 Å². The van der Waals surface area contributed by atoms with E-state index in [4.69, 9.17) is 0 Å². The first kappa shape index (κ1) is 10.1. The van der Waals surface area contributed by atoms with Crippen LogP contribution in [0.5, 0.6) is 0 Å². The van der Waals surface area contributed by atoms with Crippen LogP contribution in [-0.2, 0) is 18.3 Å². The van der Waals surface area contributed by atoms with Crippen LogP contribution >= 0.6 is 12.4 Å². The van der Waals surface area contributed by atoms with Gasteiger partial charge < -0.3 is 0 Å². The minimum Gasteiger partial charge on any atom is -0.147 e. The van der Waals surface area contributed by atoms with Crippen LogP contribution in [0.3, 0.4) is 0 Å². The third-order valence-electron chi connectivity index (χ3n) is 1.50. The summed E-state index contributed by atoms with van der Waals surface area (Å²) in [6, 6.07) is 6.61. The maximum atomic E-state index is 2.26. The fraction of sp³-hybridized carbons (Fsp3) is 0.250. The maximum Gasteiger partial charge on any atom is -0.147 e. The van der Waals surface area contributed by atoms with Gasteiger partial charge in [0.15, 0.2) is 0 Å². The van der Waals surface area contributed by atoms with Gasteiger partial charge in [-0.15, -0.1) is 12.4 Å². The second-order valence-corrected chi connectivity index (χ2v) is 4.03. The molecule has 0 N–H and O–H groups in total. The van der Waals surface area contributed by atoms with Gasteiger partial charge in [0, 0.05) is 0 Å². The van der Waals surface area contributed by atoms with Gasteiger partial charge in [-0.25, -0.2) is 0 Å². The van der Waals surface area contributed by atoms with Gasteiger partial charge in [0.2, 0.25) is 0 Å². The molecule has 0 nitrogen and oxygen atoms in total. The molecule has 0 radical (unpaired) electrons. The number of aryl methyl sites for hydroxylation is 2. The summed E-state index contributed by atoms with van der Waals surface area (Å²) >= 11 is 1.27. The second-order valence-electron chi connectivity index (χ2n) is 2.43. The van der Waals surface area contributed by atoms with Crippen molar-refractivity contribution < 1.29 is 18.3 Å². The van der Waals surface area contributed by atoms with Gasteiger partial charge in [-0.05, 0) is 0 Å². The fourth-order valence-corrected chi connectivity index (χ4v) is 1.72. The average Bonchev–Trinajstić information content (AvgIpc) is 1.80. The monoisotopic (exact) mass is 205 g/mol. The van der Waals surface area contributed by atoms with Crippen molar-refractivity contribution in [2.75, 3.05) is 0 Å². The summed E-state index contributed by atoms with van der Waals surface area (Å²) in [6.45, 7) is 4.30. The first-order valence-electron chi connectivity index (χ1n) is 3.09. The van der Waals surface area contributed by atoms with E-state index in [-0.39, 0.29) is 12.4 Å². The van der Waals surface area contributed by atoms with Crippen LogP contribution in [-0.4, -0.2) is 0 Å². The Morgan fingerprint density at radius 2 is 1.80 bits per heavy atom. The quantitative estimate of drug-likeness (QED) is 0.570. The molecule has 0 unspecified atom stereocenters. The third-order valence-corrected chi connectivity index (χ3v) is 3.10. The number of hydrogen-bond acceptors (Lipinski definition) is 0. The van der Waals surface area contributed by atoms with E-state index in [1.807, 2.05) is 0 Å². The molecule has 1 aromatic rings. The Bertz CT molecular complexity index is 220. The summed E-state index contributed by atoms with van der Waals surface area (Å²) in [4.78, 5) is 0. The molecule has 10 heavy (non-hydrogen) atoms. The SMILES string of the molecule is Cc1ccc(C)[c]([Zn])c1.Cl. The van der Waals surface area contributed by atoms with Gasteiger partial charge in [-0.2, -0.15) is 0 Å². The van der Waals surface area contributed by atoms with Gasteiger partial charge >= 0.3 is 65.6 Å². The Morgan fingerprint density at radius 1 is 1.20 bits per heavy atom. The molecule has 0 aliphatic carbocycles. The second kappa shape index (κ2) is 4.10. The first-order valence-corrected chi connectivity index (χ1v) is 4.58. The summed E-state index contributed by atoms with van der Waals surface area (Å²) in [5.74, 6) is 0. The van der Waals surface area contributed by atoms with Crippen molar-refractivity contribution in [3.63, 3.8) is 0 Å². The van der Waals surface area contributed by atoms with E-state index in [1.54, 1.807) is 0 Å². The number of hydrogen-bond donors (Lipinski definition) is 0. The molecule has 0 bridgehead atoms. The van der Waals surface area contributed by atoms with Crippen molar-refractivity contribution in [2.45, 2.75) is 13.8 Å². The van der Waals surface area contributed by atoms with Crippen molar-refractivity contribution in [2.24, 2.45) is 0 Å². The Hall–Kier alpha value is 0.133. The van der Waals surface area contributed by atoms with E-state index in [9.17, 15) is 0 Å². The minimum atomic E-state index is 0. The number of halogens is 1. The van der Waals surface area contributed by atoms with Crippen molar-refractivity contribution in [1.82, 2.24) is 0 Å². The Balaban J connectivity index is 0.000000810. The number of benzene rings is 1. The van der Waals surface area contributed by atoms with Gasteiger partial charge in [0.05, 0.1) is 0 Å². The summed E-state index contributed by atoms with van der Waals surface area (Å²) in [7, 11) is 0. The zero-order chi connectivity index (χ0) is 6.85. The standard InChI is InChI=1S/C8H9.ClH.Zn/c1-7-3-5-8(2)6-4-7;;/h3-5H,1-2H3;1H;. The van der Waals surface area contributed by atoms with E-state index in [0.29, 0.717) is 0 Å². The van der Waals surface area contributed by atoms with E-state index in [2.05, 4.69) is 32.0 Å². The van der Waals surface area contributed by atoms with Gasteiger partial charge in [0.1, 0.15) is 0 Å². The summed E-state index contributed by atoms with van der Waals surface area (Å²) in [5, 5.41) is 0. The van der Waals surface area contributed by atoms with E-state index in [1.165, 1.54) is 33.6 Å². The molecule has 0 amide bonds. The molecular weight excluding hydrogens is 197 g/mol. The predicted octanol–water partition coefficient (Wildman–Crippen LogP) is 1.90. The van der Waals surface area contributed by atoms with Gasteiger partial charge in [-0.1, -0.05) is 0 Å². The van der Waals surface area contributed by atoms with Crippen LogP contribution in [0.2, 0.25) is 0 Å². The third kappa shape index (κ3) is 2.40. The molecule has 0 aliphatic heterocycles. The molecule has 1 rings (SSSR count). The van der Waals surface area contributed by atoms with Crippen LogP contribution in [0, 0.1) is 13.8 Å². The minimum absolute atomic E-state index is 0. The average molecular weight is 207 g/mol. The number of rotatable bonds is 0. The maximum absolute atomic E-state index is 2.26. The topological polar surface area (TPSA) is 0 Å². The molecule has 0 spiro atoms. The molecule has 0 heterocycles. The van der Waals surface area contributed by atoms with E-state index >= 15 is 0 Å². The molecule has 0 atom stereocenters. The van der Waals surface area contributed by atoms with Crippen LogP contribution in [0.15, 0.2) is 18.2 Å². The molecule has 51 valence electrons. The summed E-state index contributed by atoms with van der Waals surface area (Å²) in [6.07, 6.45) is 0.